The van der Waals surface area contributed by atoms with Gasteiger partial charge in [-0.3, -0.25) is 10.1 Å². The zero-order valence-electron chi connectivity index (χ0n) is 16.1. The van der Waals surface area contributed by atoms with E-state index in [1.54, 1.807) is 61.7 Å². The summed E-state index contributed by atoms with van der Waals surface area (Å²) in [6.45, 7) is 0. The lowest BCUT2D eigenvalue weighted by atomic mass is 10.2. The molecule has 0 bridgehead atoms. The monoisotopic (exact) mass is 434 g/mol. The summed E-state index contributed by atoms with van der Waals surface area (Å²) in [6.07, 6.45) is 0. The number of non-ortho nitro benzene ring substituents is 1. The van der Waals surface area contributed by atoms with Gasteiger partial charge in [0.25, 0.3) is 5.69 Å². The molecule has 0 saturated heterocycles. The molecule has 3 aromatic carbocycles. The van der Waals surface area contributed by atoms with Crippen LogP contribution in [0.5, 0.6) is 11.5 Å². The van der Waals surface area contributed by atoms with Crippen LogP contribution in [0.3, 0.4) is 0 Å². The molecule has 0 saturated carbocycles. The number of nitrogens with zero attached hydrogens (tertiary/aromatic N) is 4. The lowest BCUT2D eigenvalue weighted by Crippen LogP contribution is -2.08. The number of aromatic nitrogens is 1. The van der Waals surface area contributed by atoms with Gasteiger partial charge < -0.3 is 9.47 Å². The van der Waals surface area contributed by atoms with Crippen LogP contribution in [0.15, 0.2) is 77.0 Å². The van der Waals surface area contributed by atoms with E-state index in [1.807, 2.05) is 0 Å². The number of thiazole rings is 1. The highest BCUT2D eigenvalue weighted by Gasteiger charge is 2.11. The number of hydrogen-bond donors (Lipinski definition) is 0. The van der Waals surface area contributed by atoms with Crippen molar-refractivity contribution >= 4 is 44.0 Å². The van der Waals surface area contributed by atoms with Crippen LogP contribution < -0.4 is 9.47 Å². The summed E-state index contributed by atoms with van der Waals surface area (Å²) in [6, 6.07) is 17.6. The van der Waals surface area contributed by atoms with Crippen LogP contribution in [-0.4, -0.2) is 23.0 Å². The number of fused-ring (bicyclic) bond motifs is 1. The fraction of sp³-hybridized carbons (Fsp3) is 0.0476. The Balaban J connectivity index is 1.43. The van der Waals surface area contributed by atoms with Crippen LogP contribution >= 0.6 is 11.3 Å². The normalized spacial score (nSPS) is 11.0. The van der Waals surface area contributed by atoms with E-state index in [2.05, 4.69) is 15.2 Å². The minimum absolute atomic E-state index is 0.000542. The summed E-state index contributed by atoms with van der Waals surface area (Å²) in [4.78, 5) is 26.9. The second-order valence-corrected chi connectivity index (χ2v) is 7.23. The number of methoxy groups -OCH3 is 1. The second kappa shape index (κ2) is 8.67. The second-order valence-electron chi connectivity index (χ2n) is 6.22. The molecule has 1 heterocycles. The largest absolute Gasteiger partial charge is 0.497 e. The zero-order valence-corrected chi connectivity index (χ0v) is 16.9. The number of esters is 1. The molecule has 0 aliphatic heterocycles. The van der Waals surface area contributed by atoms with Gasteiger partial charge in [-0.1, -0.05) is 11.3 Å². The fourth-order valence-corrected chi connectivity index (χ4v) is 3.45. The van der Waals surface area contributed by atoms with Crippen LogP contribution in [0.4, 0.5) is 16.5 Å². The Morgan fingerprint density at radius 2 is 1.71 bits per heavy atom. The van der Waals surface area contributed by atoms with Crippen molar-refractivity contribution in [2.24, 2.45) is 10.2 Å². The van der Waals surface area contributed by atoms with Gasteiger partial charge in [0, 0.05) is 12.1 Å². The summed E-state index contributed by atoms with van der Waals surface area (Å²) >= 11 is 1.21. The van der Waals surface area contributed by atoms with Gasteiger partial charge in [0.2, 0.25) is 5.13 Å². The van der Waals surface area contributed by atoms with Gasteiger partial charge in [-0.05, 0) is 54.6 Å². The Hall–Kier alpha value is -4.18. The van der Waals surface area contributed by atoms with E-state index in [4.69, 9.17) is 9.47 Å². The molecule has 10 heteroatoms. The maximum atomic E-state index is 12.2. The van der Waals surface area contributed by atoms with E-state index in [9.17, 15) is 14.9 Å². The van der Waals surface area contributed by atoms with Gasteiger partial charge in [0.1, 0.15) is 11.5 Å². The zero-order chi connectivity index (χ0) is 21.8. The van der Waals surface area contributed by atoms with E-state index in [-0.39, 0.29) is 5.69 Å². The molecular formula is C21H14N4O5S. The molecule has 154 valence electrons. The number of rotatable bonds is 6. The van der Waals surface area contributed by atoms with E-state index in [0.29, 0.717) is 38.1 Å². The van der Waals surface area contributed by atoms with E-state index < -0.39 is 10.9 Å². The van der Waals surface area contributed by atoms with E-state index in [1.165, 1.54) is 23.5 Å². The molecule has 0 N–H and O–H groups in total. The first-order valence-corrected chi connectivity index (χ1v) is 9.76. The number of nitro benzene ring substituents is 1. The highest BCUT2D eigenvalue weighted by atomic mass is 32.1. The molecule has 1 aromatic heterocycles. The predicted octanol–water partition coefficient (Wildman–Crippen LogP) is 5.85. The molecule has 0 atom stereocenters. The molecule has 0 aliphatic rings. The maximum absolute atomic E-state index is 12.2. The number of carbonyl (C=O) groups excluding carboxylic acids is 1. The first-order chi connectivity index (χ1) is 15.0. The van der Waals surface area contributed by atoms with Gasteiger partial charge in [0.05, 0.1) is 33.5 Å². The number of azo groups is 1. The summed E-state index contributed by atoms with van der Waals surface area (Å²) in [5.41, 5.74) is 1.56. The molecule has 31 heavy (non-hydrogen) atoms. The van der Waals surface area contributed by atoms with Crippen molar-refractivity contribution < 1.29 is 19.2 Å². The Bertz CT molecular complexity index is 1280. The van der Waals surface area contributed by atoms with Crippen LogP contribution in [0, 0.1) is 10.1 Å². The van der Waals surface area contributed by atoms with Crippen molar-refractivity contribution in [1.29, 1.82) is 0 Å². The number of nitro groups is 1. The number of ether oxygens (including phenoxy) is 2. The number of hydrogen-bond acceptors (Lipinski definition) is 9. The SMILES string of the molecule is COc1ccc(C(=O)Oc2ccc(N=Nc3nc4ccc([N+](=O)[O-])cc4s3)cc2)cc1. The standard InChI is InChI=1S/C21H14N4O5S/c1-29-16-7-2-13(3-8-16)20(26)30-17-9-4-14(5-10-17)23-24-21-22-18-11-6-15(25(27)28)12-19(18)31-21/h2-12H,1H3. The molecule has 0 radical (unpaired) electrons. The van der Waals surface area contributed by atoms with Crippen molar-refractivity contribution in [2.45, 2.75) is 0 Å². The van der Waals surface area contributed by atoms with E-state index in [0.717, 1.165) is 0 Å². The highest BCUT2D eigenvalue weighted by molar-refractivity contribution is 7.21. The third kappa shape index (κ3) is 4.70. The Kier molecular flexibility index (Phi) is 5.63. The Morgan fingerprint density at radius 3 is 2.39 bits per heavy atom. The molecule has 0 aliphatic carbocycles. The van der Waals surface area contributed by atoms with E-state index >= 15 is 0 Å². The van der Waals surface area contributed by atoms with Crippen LogP contribution in [0.1, 0.15) is 10.4 Å². The third-order valence-electron chi connectivity index (χ3n) is 4.20. The highest BCUT2D eigenvalue weighted by Crippen LogP contribution is 2.32. The van der Waals surface area contributed by atoms with Crippen molar-refractivity contribution in [2.75, 3.05) is 7.11 Å². The van der Waals surface area contributed by atoms with Crippen molar-refractivity contribution in [3.63, 3.8) is 0 Å². The van der Waals surface area contributed by atoms with Crippen LogP contribution in [0.25, 0.3) is 10.2 Å². The summed E-state index contributed by atoms with van der Waals surface area (Å²) in [5, 5.41) is 19.5. The van der Waals surface area contributed by atoms with Crippen molar-refractivity contribution in [3.05, 3.63) is 82.4 Å². The quantitative estimate of drug-likeness (QED) is 0.124. The molecular weight excluding hydrogens is 420 g/mol. The molecule has 0 amide bonds. The average Bonchev–Trinajstić information content (AvgIpc) is 3.21. The lowest BCUT2D eigenvalue weighted by Gasteiger charge is -2.05. The fourth-order valence-electron chi connectivity index (χ4n) is 2.63. The Labute approximate surface area is 179 Å². The van der Waals surface area contributed by atoms with Crippen molar-refractivity contribution in [3.8, 4) is 11.5 Å². The lowest BCUT2D eigenvalue weighted by molar-refractivity contribution is -0.384. The topological polar surface area (TPSA) is 116 Å². The van der Waals surface area contributed by atoms with Gasteiger partial charge >= 0.3 is 5.97 Å². The minimum atomic E-state index is -0.486. The Morgan fingerprint density at radius 1 is 1.00 bits per heavy atom. The van der Waals surface area contributed by atoms with Crippen LogP contribution in [-0.2, 0) is 0 Å². The molecule has 4 rings (SSSR count). The molecule has 0 fully saturated rings. The van der Waals surface area contributed by atoms with Gasteiger partial charge in [-0.25, -0.2) is 9.78 Å². The molecule has 9 nitrogen and oxygen atoms in total. The van der Waals surface area contributed by atoms with Gasteiger partial charge in [-0.15, -0.1) is 10.2 Å². The summed E-state index contributed by atoms with van der Waals surface area (Å²) < 4.78 is 11.1. The molecule has 0 spiro atoms. The maximum Gasteiger partial charge on any atom is 0.343 e. The number of carbonyl (C=O) groups is 1. The first kappa shape index (κ1) is 20.1. The third-order valence-corrected chi connectivity index (χ3v) is 5.10. The first-order valence-electron chi connectivity index (χ1n) is 8.95. The minimum Gasteiger partial charge on any atom is -0.497 e. The number of benzene rings is 3. The smallest absolute Gasteiger partial charge is 0.343 e. The van der Waals surface area contributed by atoms with Crippen molar-refractivity contribution in [1.82, 2.24) is 4.98 Å². The average molecular weight is 434 g/mol. The van der Waals surface area contributed by atoms with Gasteiger partial charge in [-0.2, -0.15) is 0 Å². The summed E-state index contributed by atoms with van der Waals surface area (Å²) in [7, 11) is 1.55. The summed E-state index contributed by atoms with van der Waals surface area (Å²) in [5.74, 6) is 0.533. The van der Waals surface area contributed by atoms with Gasteiger partial charge in [0.15, 0.2) is 0 Å². The molecule has 4 aromatic rings. The predicted molar refractivity (Wildman–Crippen MR) is 115 cm³/mol. The molecule has 0 unspecified atom stereocenters. The van der Waals surface area contributed by atoms with Crippen LogP contribution in [0.2, 0.25) is 0 Å².